The number of fused-ring (bicyclic) bond motifs is 1. The molecule has 0 bridgehead atoms. The Kier molecular flexibility index (Phi) is 6.60. The zero-order chi connectivity index (χ0) is 23.5. The first-order valence-electron chi connectivity index (χ1n) is 10.5. The van der Waals surface area contributed by atoms with Gasteiger partial charge in [-0.2, -0.15) is 0 Å². The fourth-order valence-electron chi connectivity index (χ4n) is 3.85. The van der Waals surface area contributed by atoms with Gasteiger partial charge in [0.05, 0.1) is 31.3 Å². The summed E-state index contributed by atoms with van der Waals surface area (Å²) in [4.78, 5) is 28.7. The van der Waals surface area contributed by atoms with Crippen molar-refractivity contribution >= 4 is 28.5 Å². The molecule has 0 amide bonds. The summed E-state index contributed by atoms with van der Waals surface area (Å²) in [7, 11) is 2.97. The van der Waals surface area contributed by atoms with Gasteiger partial charge in [0.1, 0.15) is 17.2 Å². The number of likely N-dealkylation sites (N-methyl/N-ethyl adjacent to an activating group) is 1. The number of carbonyl (C=O) groups excluding carboxylic acids is 1. The van der Waals surface area contributed by atoms with Crippen LogP contribution in [0.15, 0.2) is 45.6 Å². The second-order valence-corrected chi connectivity index (χ2v) is 7.85. The van der Waals surface area contributed by atoms with E-state index in [2.05, 4.69) is 0 Å². The molecule has 0 saturated carbocycles. The van der Waals surface area contributed by atoms with Crippen LogP contribution in [0.4, 0.5) is 20.4 Å². The molecule has 1 aliphatic heterocycles. The molecule has 1 fully saturated rings. The normalized spacial score (nSPS) is 13.9. The van der Waals surface area contributed by atoms with Crippen molar-refractivity contribution in [2.24, 2.45) is 0 Å². The van der Waals surface area contributed by atoms with E-state index in [1.807, 2.05) is 4.90 Å². The maximum atomic E-state index is 13.6. The van der Waals surface area contributed by atoms with Crippen molar-refractivity contribution in [2.45, 2.75) is 6.42 Å². The molecule has 174 valence electrons. The monoisotopic (exact) mass is 458 g/mol. The van der Waals surface area contributed by atoms with Gasteiger partial charge < -0.3 is 23.7 Å². The van der Waals surface area contributed by atoms with Crippen molar-refractivity contribution in [3.63, 3.8) is 0 Å². The van der Waals surface area contributed by atoms with Gasteiger partial charge in [0.2, 0.25) is 0 Å². The van der Waals surface area contributed by atoms with Crippen LogP contribution >= 0.6 is 0 Å². The molecule has 1 aromatic heterocycles. The number of hydrogen-bond acceptors (Lipinski definition) is 7. The summed E-state index contributed by atoms with van der Waals surface area (Å²) < 4.78 is 43.6. The molecule has 33 heavy (non-hydrogen) atoms. The molecule has 2 aromatic carbocycles. The largest absolute Gasteiger partial charge is 0.465 e. The Labute approximate surface area is 189 Å². The topological polar surface area (TPSA) is 72.2 Å². The number of ether oxygens (including phenoxy) is 2. The van der Waals surface area contributed by atoms with Crippen molar-refractivity contribution in [1.29, 1.82) is 0 Å². The van der Waals surface area contributed by atoms with Gasteiger partial charge >= 0.3 is 5.97 Å². The molecule has 7 nitrogen and oxygen atoms in total. The number of hydrogen-bond donors (Lipinski definition) is 0. The molecule has 0 N–H and O–H groups in total. The van der Waals surface area contributed by atoms with E-state index in [1.54, 1.807) is 18.0 Å². The van der Waals surface area contributed by atoms with Crippen LogP contribution in [0.1, 0.15) is 15.9 Å². The van der Waals surface area contributed by atoms with E-state index < -0.39 is 17.6 Å². The van der Waals surface area contributed by atoms with Crippen molar-refractivity contribution in [2.75, 3.05) is 56.8 Å². The van der Waals surface area contributed by atoms with Crippen molar-refractivity contribution in [3.05, 3.63) is 69.4 Å². The average molecular weight is 458 g/mol. The highest BCUT2D eigenvalue weighted by molar-refractivity contribution is 5.95. The highest BCUT2D eigenvalue weighted by Crippen LogP contribution is 2.26. The van der Waals surface area contributed by atoms with Crippen molar-refractivity contribution in [3.8, 4) is 0 Å². The van der Waals surface area contributed by atoms with Crippen LogP contribution in [-0.4, -0.2) is 53.0 Å². The second kappa shape index (κ2) is 9.58. The van der Waals surface area contributed by atoms with Gasteiger partial charge in [0.15, 0.2) is 11.3 Å². The average Bonchev–Trinajstić information content (AvgIpc) is 2.81. The van der Waals surface area contributed by atoms with E-state index in [-0.39, 0.29) is 16.4 Å². The molecule has 3 aromatic rings. The minimum Gasteiger partial charge on any atom is -0.465 e. The van der Waals surface area contributed by atoms with Crippen LogP contribution in [0.2, 0.25) is 0 Å². The molecule has 0 unspecified atom stereocenters. The van der Waals surface area contributed by atoms with Gasteiger partial charge in [0.25, 0.3) is 0 Å². The summed E-state index contributed by atoms with van der Waals surface area (Å²) in [5.74, 6) is -1.48. The van der Waals surface area contributed by atoms with Gasteiger partial charge in [0, 0.05) is 44.5 Å². The Hall–Kier alpha value is -3.46. The third-order valence-electron chi connectivity index (χ3n) is 5.64. The lowest BCUT2D eigenvalue weighted by atomic mass is 10.0. The fourth-order valence-corrected chi connectivity index (χ4v) is 3.85. The summed E-state index contributed by atoms with van der Waals surface area (Å²) in [6.45, 7) is 2.61. The molecular formula is C24H24F2N2O5. The lowest BCUT2D eigenvalue weighted by Crippen LogP contribution is -2.36. The minimum atomic E-state index is -0.670. The van der Waals surface area contributed by atoms with E-state index in [0.29, 0.717) is 62.0 Å². The van der Waals surface area contributed by atoms with Crippen LogP contribution in [0, 0.1) is 11.6 Å². The first-order chi connectivity index (χ1) is 15.9. The van der Waals surface area contributed by atoms with E-state index >= 15 is 0 Å². The van der Waals surface area contributed by atoms with Crippen molar-refractivity contribution in [1.82, 2.24) is 0 Å². The maximum absolute atomic E-state index is 13.6. The first-order valence-corrected chi connectivity index (χ1v) is 10.5. The predicted octanol–water partition coefficient (Wildman–Crippen LogP) is 3.37. The highest BCUT2D eigenvalue weighted by atomic mass is 19.1. The Morgan fingerprint density at radius 3 is 2.45 bits per heavy atom. The smallest absolute Gasteiger partial charge is 0.337 e. The van der Waals surface area contributed by atoms with Crippen LogP contribution in [0.5, 0.6) is 0 Å². The molecule has 0 atom stereocenters. The van der Waals surface area contributed by atoms with Crippen molar-refractivity contribution < 1.29 is 27.5 Å². The van der Waals surface area contributed by atoms with Gasteiger partial charge in [-0.15, -0.1) is 0 Å². The van der Waals surface area contributed by atoms with Gasteiger partial charge in [-0.3, -0.25) is 4.79 Å². The number of anilines is 2. The summed E-state index contributed by atoms with van der Waals surface area (Å²) >= 11 is 0. The number of rotatable bonds is 6. The SMILES string of the molecule is COC(=O)c1cc(CCN(C)c2cc(F)cc(F)c2)c2oc(N3CCOCC3)cc(=O)c2c1. The third-order valence-corrected chi connectivity index (χ3v) is 5.64. The summed E-state index contributed by atoms with van der Waals surface area (Å²) in [5, 5.41) is 0.268. The molecule has 0 aliphatic carbocycles. The Morgan fingerprint density at radius 2 is 1.79 bits per heavy atom. The number of nitrogens with zero attached hydrogens (tertiary/aromatic N) is 2. The quantitative estimate of drug-likeness (QED) is 0.525. The minimum absolute atomic E-state index is 0.228. The molecule has 0 spiro atoms. The van der Waals surface area contributed by atoms with E-state index in [9.17, 15) is 18.4 Å². The Morgan fingerprint density at radius 1 is 1.09 bits per heavy atom. The van der Waals surface area contributed by atoms with E-state index in [4.69, 9.17) is 13.9 Å². The number of morpholine rings is 1. The summed E-state index contributed by atoms with van der Waals surface area (Å²) in [6, 6.07) is 7.80. The summed E-state index contributed by atoms with van der Waals surface area (Å²) in [6.07, 6.45) is 0.353. The highest BCUT2D eigenvalue weighted by Gasteiger charge is 2.19. The molecule has 1 aliphatic rings. The Bertz CT molecular complexity index is 1220. The molecule has 9 heteroatoms. The number of esters is 1. The fraction of sp³-hybridized carbons (Fsp3) is 0.333. The van der Waals surface area contributed by atoms with Crippen LogP contribution < -0.4 is 15.2 Å². The number of halogens is 2. The predicted molar refractivity (Wildman–Crippen MR) is 120 cm³/mol. The molecule has 1 saturated heterocycles. The van der Waals surface area contributed by atoms with Crippen LogP contribution in [-0.2, 0) is 15.9 Å². The zero-order valence-electron chi connectivity index (χ0n) is 18.4. The summed E-state index contributed by atoms with van der Waals surface area (Å²) in [5.41, 5.74) is 1.31. The second-order valence-electron chi connectivity index (χ2n) is 7.85. The lowest BCUT2D eigenvalue weighted by molar-refractivity contribution is 0.0600. The zero-order valence-corrected chi connectivity index (χ0v) is 18.4. The van der Waals surface area contributed by atoms with Crippen LogP contribution in [0.25, 0.3) is 11.0 Å². The number of benzene rings is 2. The van der Waals surface area contributed by atoms with E-state index in [1.165, 1.54) is 31.4 Å². The maximum Gasteiger partial charge on any atom is 0.337 e. The standard InChI is InChI=1S/C24H24F2N2O5/c1-27(19-12-17(25)11-18(26)13-19)4-3-15-9-16(24(30)31-2)10-20-21(29)14-22(33-23(15)20)28-5-7-32-8-6-28/h9-14H,3-8H2,1-2H3. The molecule has 0 radical (unpaired) electrons. The van der Waals surface area contributed by atoms with Gasteiger partial charge in [-0.25, -0.2) is 13.6 Å². The molecule has 4 rings (SSSR count). The Balaban J connectivity index is 1.72. The third kappa shape index (κ3) is 4.98. The lowest BCUT2D eigenvalue weighted by Gasteiger charge is -2.27. The number of carbonyl (C=O) groups is 1. The van der Waals surface area contributed by atoms with E-state index in [0.717, 1.165) is 6.07 Å². The number of methoxy groups -OCH3 is 1. The first kappa shape index (κ1) is 22.7. The van der Waals surface area contributed by atoms with Gasteiger partial charge in [-0.1, -0.05) is 0 Å². The van der Waals surface area contributed by atoms with Gasteiger partial charge in [-0.05, 0) is 36.2 Å². The molecular weight excluding hydrogens is 434 g/mol. The molecule has 2 heterocycles. The van der Waals surface area contributed by atoms with Crippen LogP contribution in [0.3, 0.4) is 0 Å².